The minimum absolute atomic E-state index is 0. The van der Waals surface area contributed by atoms with Crippen LogP contribution in [0.1, 0.15) is 56.6 Å². The Morgan fingerprint density at radius 3 is 2.24 bits per heavy atom. The fourth-order valence-electron chi connectivity index (χ4n) is 5.60. The Bertz CT molecular complexity index is 1490. The molecule has 1 saturated carbocycles. The van der Waals surface area contributed by atoms with Crippen LogP contribution in [0.5, 0.6) is 0 Å². The van der Waals surface area contributed by atoms with Crippen molar-refractivity contribution in [2.45, 2.75) is 51.0 Å². The van der Waals surface area contributed by atoms with Gasteiger partial charge in [0.1, 0.15) is 0 Å². The Balaban J connectivity index is 0.000000191. The predicted molar refractivity (Wildman–Crippen MR) is 152 cm³/mol. The first-order chi connectivity index (χ1) is 18.1. The van der Waals surface area contributed by atoms with Crippen molar-refractivity contribution < 1.29 is 20.1 Å². The van der Waals surface area contributed by atoms with Crippen molar-refractivity contribution in [3.8, 4) is 22.6 Å². The Kier molecular flexibility index (Phi) is 7.74. The van der Waals surface area contributed by atoms with Crippen LogP contribution in [0.3, 0.4) is 0 Å². The molecule has 7 rings (SSSR count). The fraction of sp³-hybridized carbons (Fsp3) is 0.235. The Morgan fingerprint density at radius 1 is 0.868 bits per heavy atom. The molecule has 0 unspecified atom stereocenters. The number of nitrogens with zero attached hydrogens (tertiary/aromatic N) is 3. The summed E-state index contributed by atoms with van der Waals surface area (Å²) in [7, 11) is 0. The van der Waals surface area contributed by atoms with E-state index in [9.17, 15) is 0 Å². The van der Waals surface area contributed by atoms with Crippen LogP contribution in [0.25, 0.3) is 39.8 Å². The summed E-state index contributed by atoms with van der Waals surface area (Å²) in [5.41, 5.74) is 8.17. The zero-order valence-electron chi connectivity index (χ0n) is 21.8. The van der Waals surface area contributed by atoms with Gasteiger partial charge in [0.15, 0.2) is 0 Å². The van der Waals surface area contributed by atoms with Crippen LogP contribution in [0.15, 0.2) is 91.1 Å². The summed E-state index contributed by atoms with van der Waals surface area (Å²) >= 11 is 0. The molecule has 0 saturated heterocycles. The summed E-state index contributed by atoms with van der Waals surface area (Å²) in [5.74, 6) is 1.73. The molecule has 0 atom stereocenters. The smallest absolute Gasteiger partial charge is 0.0780 e. The van der Waals surface area contributed by atoms with Crippen LogP contribution < -0.4 is 0 Å². The van der Waals surface area contributed by atoms with Gasteiger partial charge >= 0.3 is 0 Å². The molecule has 0 spiro atoms. The molecule has 2 aromatic heterocycles. The monoisotopic (exact) mass is 674 g/mol. The standard InChI is InChI=1S/C23H23N2.C11H8N.Ir/c1-23(2)13-12-18-14-19(16-8-6-7-9-16)15-20-21(18)25(23)22(24-20)17-10-4-3-5-11-17;1-2-6-10(7-3-1)11-8-4-5-9-12-11;/h3-5,10,12-16H,6-9H2,1-2H3;1-6,8-9H;/q2*-1;. The molecule has 3 aromatic carbocycles. The maximum atomic E-state index is 5.07. The third-order valence-electron chi connectivity index (χ3n) is 7.48. The molecule has 1 radical (unpaired) electrons. The zero-order chi connectivity index (χ0) is 25.2. The average Bonchev–Trinajstić information content (AvgIpc) is 3.62. The van der Waals surface area contributed by atoms with Crippen molar-refractivity contribution in [1.29, 1.82) is 0 Å². The Labute approximate surface area is 239 Å². The number of rotatable bonds is 3. The molecule has 0 N–H and O–H groups in total. The second kappa shape index (κ2) is 11.2. The predicted octanol–water partition coefficient (Wildman–Crippen LogP) is 8.47. The number of allylic oxidation sites excluding steroid dienone is 1. The maximum absolute atomic E-state index is 5.07. The van der Waals surface area contributed by atoms with Crippen molar-refractivity contribution in [2.24, 2.45) is 0 Å². The van der Waals surface area contributed by atoms with Gasteiger partial charge in [-0.05, 0) is 67.6 Å². The number of hydrogen-bond acceptors (Lipinski definition) is 2. The van der Waals surface area contributed by atoms with Crippen molar-refractivity contribution in [1.82, 2.24) is 14.5 Å². The van der Waals surface area contributed by atoms with Crippen LogP contribution in [-0.2, 0) is 25.6 Å². The molecular formula is C34H31IrN3-2. The molecule has 1 aliphatic carbocycles. The van der Waals surface area contributed by atoms with Gasteiger partial charge in [-0.2, -0.15) is 0 Å². The zero-order valence-corrected chi connectivity index (χ0v) is 24.2. The summed E-state index contributed by atoms with van der Waals surface area (Å²) in [4.78, 5) is 9.29. The van der Waals surface area contributed by atoms with E-state index >= 15 is 0 Å². The van der Waals surface area contributed by atoms with E-state index in [1.165, 1.54) is 42.3 Å². The third-order valence-corrected chi connectivity index (χ3v) is 7.48. The Hall–Kier alpha value is -3.33. The number of hydrogen-bond donors (Lipinski definition) is 0. The van der Waals surface area contributed by atoms with Crippen LogP contribution >= 0.6 is 0 Å². The first kappa shape index (κ1) is 26.3. The van der Waals surface area contributed by atoms with Gasteiger partial charge in [0.2, 0.25) is 0 Å². The van der Waals surface area contributed by atoms with Crippen molar-refractivity contribution in [3.05, 3.63) is 114 Å². The Morgan fingerprint density at radius 2 is 1.58 bits per heavy atom. The molecule has 1 aliphatic heterocycles. The van der Waals surface area contributed by atoms with E-state index in [1.54, 1.807) is 6.20 Å². The maximum Gasteiger partial charge on any atom is 0.0780 e. The van der Waals surface area contributed by atoms with Crippen LogP contribution in [0.2, 0.25) is 0 Å². The molecule has 2 aliphatic rings. The molecule has 193 valence electrons. The summed E-state index contributed by atoms with van der Waals surface area (Å²) in [5, 5.41) is 0. The quantitative estimate of drug-likeness (QED) is 0.180. The second-order valence-electron chi connectivity index (χ2n) is 10.5. The molecule has 3 heterocycles. The molecule has 5 aromatic rings. The van der Waals surface area contributed by atoms with Crippen LogP contribution in [0, 0.1) is 12.1 Å². The minimum Gasteiger partial charge on any atom is -0.355 e. The fourth-order valence-corrected chi connectivity index (χ4v) is 5.60. The third kappa shape index (κ3) is 5.16. The summed E-state index contributed by atoms with van der Waals surface area (Å²) in [6, 6.07) is 33.1. The first-order valence-electron chi connectivity index (χ1n) is 13.2. The van der Waals surface area contributed by atoms with Gasteiger partial charge in [0.25, 0.3) is 0 Å². The SMILES string of the molecule is CC1(C)C=Cc2cc(C3CCCC3)cc3nc(-c4[c-]cccc4)n1c23.[Ir].[c-]1ccccc1-c1ccccn1. The second-order valence-corrected chi connectivity index (χ2v) is 10.5. The largest absolute Gasteiger partial charge is 0.355 e. The molecular weight excluding hydrogens is 643 g/mol. The average molecular weight is 674 g/mol. The van der Waals surface area contributed by atoms with Gasteiger partial charge in [-0.15, -0.1) is 71.8 Å². The molecule has 38 heavy (non-hydrogen) atoms. The van der Waals surface area contributed by atoms with Crippen LogP contribution in [0.4, 0.5) is 0 Å². The molecule has 0 amide bonds. The molecule has 1 fully saturated rings. The van der Waals surface area contributed by atoms with Gasteiger partial charge in [-0.3, -0.25) is 4.98 Å². The van der Waals surface area contributed by atoms with Crippen LogP contribution in [-0.4, -0.2) is 14.5 Å². The normalized spacial score (nSPS) is 15.5. The van der Waals surface area contributed by atoms with Crippen molar-refractivity contribution in [2.75, 3.05) is 0 Å². The van der Waals surface area contributed by atoms with E-state index in [2.05, 4.69) is 71.9 Å². The number of aromatic nitrogens is 3. The van der Waals surface area contributed by atoms with Gasteiger partial charge in [-0.1, -0.05) is 37.1 Å². The van der Waals surface area contributed by atoms with Gasteiger partial charge in [0.05, 0.1) is 22.4 Å². The minimum atomic E-state index is -0.0877. The molecule has 3 nitrogen and oxygen atoms in total. The van der Waals surface area contributed by atoms with E-state index in [0.717, 1.165) is 28.2 Å². The van der Waals surface area contributed by atoms with E-state index in [0.29, 0.717) is 5.92 Å². The number of imidazole rings is 1. The summed E-state index contributed by atoms with van der Waals surface area (Å²) in [6.45, 7) is 4.51. The summed E-state index contributed by atoms with van der Waals surface area (Å²) < 4.78 is 2.39. The van der Waals surface area contributed by atoms with Crippen molar-refractivity contribution >= 4 is 17.1 Å². The first-order valence-corrected chi connectivity index (χ1v) is 13.2. The van der Waals surface area contributed by atoms with Gasteiger partial charge in [0, 0.05) is 26.3 Å². The van der Waals surface area contributed by atoms with Crippen molar-refractivity contribution in [3.63, 3.8) is 0 Å². The molecule has 4 heteroatoms. The summed E-state index contributed by atoms with van der Waals surface area (Å²) in [6.07, 6.45) is 11.7. The van der Waals surface area contributed by atoms with E-state index < -0.39 is 0 Å². The molecule has 0 bridgehead atoms. The van der Waals surface area contributed by atoms with E-state index in [-0.39, 0.29) is 25.6 Å². The van der Waals surface area contributed by atoms with E-state index in [4.69, 9.17) is 4.98 Å². The van der Waals surface area contributed by atoms with E-state index in [1.807, 2.05) is 54.6 Å². The number of pyridine rings is 1. The van der Waals surface area contributed by atoms with Gasteiger partial charge in [-0.25, -0.2) is 0 Å². The number of benzene rings is 3. The topological polar surface area (TPSA) is 30.7 Å². The van der Waals surface area contributed by atoms with Gasteiger partial charge < -0.3 is 9.55 Å².